The molecule has 0 aromatic carbocycles. The van der Waals surface area contributed by atoms with Gasteiger partial charge in [-0.15, -0.1) is 0 Å². The Morgan fingerprint density at radius 2 is 2.43 bits per heavy atom. The Kier molecular flexibility index (Phi) is 1.77. The van der Waals surface area contributed by atoms with Crippen LogP contribution in [-0.2, 0) is 11.2 Å². The summed E-state index contributed by atoms with van der Waals surface area (Å²) in [6.45, 7) is 0. The van der Waals surface area contributed by atoms with Gasteiger partial charge in [-0.1, -0.05) is 6.08 Å². The van der Waals surface area contributed by atoms with E-state index in [2.05, 4.69) is 5.75 Å². The minimum absolute atomic E-state index is 0.667. The average Bonchev–Trinajstić information content (AvgIpc) is 1.69. The van der Waals surface area contributed by atoms with E-state index < -0.39 is 11.2 Å². The minimum atomic E-state index is -0.777. The Morgan fingerprint density at radius 3 is 2.71 bits per heavy atom. The van der Waals surface area contributed by atoms with Gasteiger partial charge < -0.3 is 4.55 Å². The molecule has 0 aliphatic carbocycles. The molecule has 0 fully saturated rings. The summed E-state index contributed by atoms with van der Waals surface area (Å²) in [5.74, 6) is 3.43. The van der Waals surface area contributed by atoms with Crippen molar-refractivity contribution in [2.45, 2.75) is 6.42 Å². The highest BCUT2D eigenvalue weighted by atomic mass is 32.2. The highest BCUT2D eigenvalue weighted by Gasteiger charge is 2.07. The van der Waals surface area contributed by atoms with Crippen LogP contribution in [0.1, 0.15) is 6.42 Å². The molecule has 0 bridgehead atoms. The highest BCUT2D eigenvalue weighted by molar-refractivity contribution is 7.93. The molecule has 1 unspecified atom stereocenters. The van der Waals surface area contributed by atoms with Crippen LogP contribution in [0.2, 0.25) is 0 Å². The van der Waals surface area contributed by atoms with Crippen molar-refractivity contribution in [1.29, 1.82) is 0 Å². The third-order valence-electron chi connectivity index (χ3n) is 0.776. The monoisotopic (exact) mass is 114 g/mol. The van der Waals surface area contributed by atoms with E-state index in [-0.39, 0.29) is 0 Å². The molecule has 0 aromatic rings. The second-order valence-electron chi connectivity index (χ2n) is 1.33. The molecule has 2 radical (unpaired) electrons. The summed E-state index contributed by atoms with van der Waals surface area (Å²) >= 11 is -0.777. The largest absolute Gasteiger partial charge is 0.615 e. The zero-order valence-electron chi connectivity index (χ0n) is 3.89. The van der Waals surface area contributed by atoms with Crippen LogP contribution >= 0.6 is 0 Å². The summed E-state index contributed by atoms with van der Waals surface area (Å²) in [7, 11) is 0. The minimum Gasteiger partial charge on any atom is -0.615 e. The van der Waals surface area contributed by atoms with Crippen molar-refractivity contribution in [3.63, 3.8) is 0 Å². The van der Waals surface area contributed by atoms with Gasteiger partial charge in [-0.25, -0.2) is 0 Å². The van der Waals surface area contributed by atoms with E-state index in [9.17, 15) is 4.55 Å². The maximum Gasteiger partial charge on any atom is 0.240 e. The molecular formula is C5H6OS. The second kappa shape index (κ2) is 2.38. The van der Waals surface area contributed by atoms with Crippen LogP contribution < -0.4 is 0 Å². The van der Waals surface area contributed by atoms with Crippen LogP contribution in [0.4, 0.5) is 0 Å². The van der Waals surface area contributed by atoms with Crippen LogP contribution in [0.3, 0.4) is 0 Å². The van der Waals surface area contributed by atoms with Gasteiger partial charge in [0.05, 0.1) is 0 Å². The highest BCUT2D eigenvalue weighted by Crippen LogP contribution is 2.06. The van der Waals surface area contributed by atoms with Gasteiger partial charge >= 0.3 is 0 Å². The van der Waals surface area contributed by atoms with Gasteiger partial charge in [0, 0.05) is 6.42 Å². The van der Waals surface area contributed by atoms with Gasteiger partial charge in [-0.3, -0.25) is 0 Å². The molecule has 0 aromatic heterocycles. The first-order chi connectivity index (χ1) is 3.39. The lowest BCUT2D eigenvalue weighted by atomic mass is 10.4. The number of hydrogen-bond acceptors (Lipinski definition) is 1. The summed E-state index contributed by atoms with van der Waals surface area (Å²) in [5, 5.41) is 0. The fourth-order valence-electron chi connectivity index (χ4n) is 0.439. The molecular weight excluding hydrogens is 108 g/mol. The van der Waals surface area contributed by atoms with Crippen molar-refractivity contribution in [3.05, 3.63) is 17.9 Å². The van der Waals surface area contributed by atoms with E-state index in [0.717, 1.165) is 6.42 Å². The summed E-state index contributed by atoms with van der Waals surface area (Å²) in [4.78, 5) is 0. The van der Waals surface area contributed by atoms with Crippen molar-refractivity contribution in [2.24, 2.45) is 0 Å². The molecule has 1 rings (SSSR count). The van der Waals surface area contributed by atoms with Crippen LogP contribution in [0.5, 0.6) is 0 Å². The van der Waals surface area contributed by atoms with Gasteiger partial charge in [0.2, 0.25) is 5.75 Å². The van der Waals surface area contributed by atoms with Crippen molar-refractivity contribution in [3.8, 4) is 0 Å². The van der Waals surface area contributed by atoms with E-state index in [0.29, 0.717) is 5.75 Å². The predicted molar refractivity (Wildman–Crippen MR) is 30.0 cm³/mol. The molecule has 1 aliphatic heterocycles. The quantitative estimate of drug-likeness (QED) is 0.336. The van der Waals surface area contributed by atoms with Gasteiger partial charge in [-0.05, 0) is 17.3 Å². The number of hydrogen-bond donors (Lipinski definition) is 0. The van der Waals surface area contributed by atoms with Crippen LogP contribution in [-0.4, -0.2) is 10.3 Å². The van der Waals surface area contributed by atoms with E-state index in [4.69, 9.17) is 0 Å². The van der Waals surface area contributed by atoms with E-state index in [1.807, 2.05) is 12.2 Å². The van der Waals surface area contributed by atoms with Gasteiger partial charge in [0.15, 0.2) is 0 Å². The SMILES string of the molecule is [O-][S+]1[C]CC=CC1. The van der Waals surface area contributed by atoms with Crippen molar-refractivity contribution >= 4 is 11.2 Å². The normalized spacial score (nSPS) is 30.7. The standard InChI is InChI=1S/C5H6OS/c6-7-4-2-1-3-5-7/h1-2H,3-4H2. The molecule has 0 spiro atoms. The Hall–Kier alpha value is 0.0500. The van der Waals surface area contributed by atoms with Crippen LogP contribution in [0.25, 0.3) is 0 Å². The molecule has 0 saturated carbocycles. The summed E-state index contributed by atoms with van der Waals surface area (Å²) in [6, 6.07) is 0. The fourth-order valence-corrected chi connectivity index (χ4v) is 1.15. The number of allylic oxidation sites excluding steroid dienone is 1. The lowest BCUT2D eigenvalue weighted by Gasteiger charge is -2.06. The molecule has 1 nitrogen and oxygen atoms in total. The van der Waals surface area contributed by atoms with Crippen molar-refractivity contribution in [2.75, 3.05) is 5.75 Å². The molecule has 2 heteroatoms. The molecule has 1 aliphatic rings. The van der Waals surface area contributed by atoms with Gasteiger partial charge in [0.1, 0.15) is 5.75 Å². The molecule has 0 amide bonds. The fraction of sp³-hybridized carbons (Fsp3) is 0.400. The molecule has 1 heterocycles. The van der Waals surface area contributed by atoms with Gasteiger partial charge in [0.25, 0.3) is 0 Å². The molecule has 7 heavy (non-hydrogen) atoms. The van der Waals surface area contributed by atoms with E-state index in [1.165, 1.54) is 0 Å². The number of rotatable bonds is 0. The zero-order valence-corrected chi connectivity index (χ0v) is 4.70. The molecule has 1 atom stereocenters. The Labute approximate surface area is 46.6 Å². The van der Waals surface area contributed by atoms with Crippen LogP contribution in [0, 0.1) is 5.75 Å². The first kappa shape index (κ1) is 5.19. The van der Waals surface area contributed by atoms with E-state index >= 15 is 0 Å². The predicted octanol–water partition coefficient (Wildman–Crippen LogP) is 0.734. The van der Waals surface area contributed by atoms with E-state index in [1.54, 1.807) is 0 Å². The lowest BCUT2D eigenvalue weighted by molar-refractivity contribution is 0.601. The maximum atomic E-state index is 10.4. The van der Waals surface area contributed by atoms with Gasteiger partial charge in [-0.2, -0.15) is 0 Å². The molecule has 0 saturated heterocycles. The average molecular weight is 114 g/mol. The molecule has 38 valence electrons. The summed E-state index contributed by atoms with van der Waals surface area (Å²) < 4.78 is 10.4. The third kappa shape index (κ3) is 1.53. The summed E-state index contributed by atoms with van der Waals surface area (Å²) in [6.07, 6.45) is 4.65. The van der Waals surface area contributed by atoms with Crippen molar-refractivity contribution < 1.29 is 4.55 Å². The topological polar surface area (TPSA) is 23.1 Å². The maximum absolute atomic E-state index is 10.4. The smallest absolute Gasteiger partial charge is 0.240 e. The Bertz CT molecular complexity index is 80.1. The van der Waals surface area contributed by atoms with Crippen LogP contribution in [0.15, 0.2) is 12.2 Å². The molecule has 0 N–H and O–H groups in total. The summed E-state index contributed by atoms with van der Waals surface area (Å²) in [5.41, 5.74) is 0. The second-order valence-corrected chi connectivity index (χ2v) is 2.65. The Balaban J connectivity index is 2.32. The first-order valence-electron chi connectivity index (χ1n) is 2.16. The zero-order chi connectivity index (χ0) is 5.11. The Morgan fingerprint density at radius 1 is 1.57 bits per heavy atom. The lowest BCUT2D eigenvalue weighted by Crippen LogP contribution is -2.06. The first-order valence-corrected chi connectivity index (χ1v) is 3.48. The van der Waals surface area contributed by atoms with Crippen molar-refractivity contribution in [1.82, 2.24) is 0 Å². The third-order valence-corrected chi connectivity index (χ3v) is 1.76.